The molecule has 0 aliphatic rings. The van der Waals surface area contributed by atoms with Crippen molar-refractivity contribution < 1.29 is 9.66 Å². The molecule has 94 valence electrons. The van der Waals surface area contributed by atoms with E-state index >= 15 is 0 Å². The lowest BCUT2D eigenvalue weighted by Crippen LogP contribution is -2.32. The summed E-state index contributed by atoms with van der Waals surface area (Å²) < 4.78 is 5.04. The van der Waals surface area contributed by atoms with Gasteiger partial charge in [0.05, 0.1) is 11.5 Å². The van der Waals surface area contributed by atoms with Crippen LogP contribution in [0.5, 0.6) is 0 Å². The summed E-state index contributed by atoms with van der Waals surface area (Å²) >= 11 is 0. The van der Waals surface area contributed by atoms with Crippen LogP contribution in [0.3, 0.4) is 0 Å². The second-order valence-corrected chi connectivity index (χ2v) is 4.09. The van der Waals surface area contributed by atoms with Crippen LogP contribution < -0.4 is 5.32 Å². The molecule has 0 aliphatic carbocycles. The second-order valence-electron chi connectivity index (χ2n) is 4.09. The van der Waals surface area contributed by atoms with Gasteiger partial charge in [-0.15, -0.1) is 0 Å². The van der Waals surface area contributed by atoms with Crippen LogP contribution in [0, 0.1) is 10.1 Å². The van der Waals surface area contributed by atoms with Crippen LogP contribution in [-0.4, -0.2) is 24.7 Å². The van der Waals surface area contributed by atoms with E-state index in [1.165, 1.54) is 12.1 Å². The Morgan fingerprint density at radius 3 is 2.41 bits per heavy atom. The third-order valence-electron chi connectivity index (χ3n) is 2.56. The van der Waals surface area contributed by atoms with Gasteiger partial charge < -0.3 is 10.1 Å². The summed E-state index contributed by atoms with van der Waals surface area (Å²) in [6, 6.07) is 6.97. The Morgan fingerprint density at radius 2 is 1.94 bits per heavy atom. The van der Waals surface area contributed by atoms with E-state index in [-0.39, 0.29) is 17.8 Å². The number of rotatable bonds is 6. The van der Waals surface area contributed by atoms with E-state index in [1.807, 2.05) is 13.8 Å². The molecule has 0 saturated carbocycles. The Hall–Kier alpha value is -1.46. The summed E-state index contributed by atoms with van der Waals surface area (Å²) in [7, 11) is 1.66. The summed E-state index contributed by atoms with van der Waals surface area (Å²) in [6.07, 6.45) is 0. The van der Waals surface area contributed by atoms with Crippen molar-refractivity contribution in [2.24, 2.45) is 0 Å². The summed E-state index contributed by atoms with van der Waals surface area (Å²) in [4.78, 5) is 10.1. The molecular formula is C12H18N2O3. The molecule has 5 heteroatoms. The number of ether oxygens (including phenoxy) is 1. The minimum Gasteiger partial charge on any atom is -0.383 e. The summed E-state index contributed by atoms with van der Waals surface area (Å²) in [6.45, 7) is 4.69. The third-order valence-corrected chi connectivity index (χ3v) is 2.56. The summed E-state index contributed by atoms with van der Waals surface area (Å²) in [5.41, 5.74) is 1.14. The fourth-order valence-electron chi connectivity index (χ4n) is 1.71. The van der Waals surface area contributed by atoms with Crippen LogP contribution in [0.25, 0.3) is 0 Å². The molecule has 0 fully saturated rings. The zero-order valence-electron chi connectivity index (χ0n) is 10.3. The minimum atomic E-state index is -0.393. The fourth-order valence-corrected chi connectivity index (χ4v) is 1.71. The van der Waals surface area contributed by atoms with Gasteiger partial charge in [-0.3, -0.25) is 10.1 Å². The molecule has 0 radical (unpaired) electrons. The van der Waals surface area contributed by atoms with Crippen LogP contribution in [0.1, 0.15) is 25.5 Å². The summed E-state index contributed by atoms with van der Waals surface area (Å²) in [5, 5.41) is 13.9. The molecule has 1 rings (SSSR count). The van der Waals surface area contributed by atoms with Gasteiger partial charge in [-0.05, 0) is 19.4 Å². The van der Waals surface area contributed by atoms with Gasteiger partial charge in [0.1, 0.15) is 0 Å². The lowest BCUT2D eigenvalue weighted by atomic mass is 10.1. The van der Waals surface area contributed by atoms with Crippen molar-refractivity contribution in [3.63, 3.8) is 0 Å². The topological polar surface area (TPSA) is 64.4 Å². The van der Waals surface area contributed by atoms with E-state index in [4.69, 9.17) is 4.74 Å². The lowest BCUT2D eigenvalue weighted by Gasteiger charge is -2.19. The first kappa shape index (κ1) is 13.6. The number of nitrogens with one attached hydrogen (secondary N) is 1. The number of hydrogen-bond acceptors (Lipinski definition) is 4. The molecule has 17 heavy (non-hydrogen) atoms. The van der Waals surface area contributed by atoms with Gasteiger partial charge in [0.15, 0.2) is 0 Å². The number of benzene rings is 1. The Bertz CT molecular complexity index is 365. The maximum absolute atomic E-state index is 10.5. The highest BCUT2D eigenvalue weighted by molar-refractivity contribution is 5.34. The highest BCUT2D eigenvalue weighted by Crippen LogP contribution is 2.17. The number of hydrogen-bond donors (Lipinski definition) is 1. The van der Waals surface area contributed by atoms with E-state index in [0.29, 0.717) is 6.61 Å². The average Bonchev–Trinajstić information content (AvgIpc) is 2.29. The number of non-ortho nitro benzene ring substituents is 1. The zero-order valence-corrected chi connectivity index (χ0v) is 10.3. The lowest BCUT2D eigenvalue weighted by molar-refractivity contribution is -0.384. The first-order chi connectivity index (χ1) is 8.04. The van der Waals surface area contributed by atoms with E-state index in [0.717, 1.165) is 5.56 Å². The second kappa shape index (κ2) is 6.32. The van der Waals surface area contributed by atoms with Crippen LogP contribution in [0.4, 0.5) is 5.69 Å². The first-order valence-electron chi connectivity index (χ1n) is 5.54. The Balaban J connectivity index is 2.63. The van der Waals surface area contributed by atoms with Crippen molar-refractivity contribution in [3.8, 4) is 0 Å². The Morgan fingerprint density at radius 1 is 1.35 bits per heavy atom. The van der Waals surface area contributed by atoms with Gasteiger partial charge in [-0.25, -0.2) is 0 Å². The molecule has 0 heterocycles. The number of nitro groups is 1. The van der Waals surface area contributed by atoms with Crippen molar-refractivity contribution in [1.29, 1.82) is 0 Å². The van der Waals surface area contributed by atoms with Gasteiger partial charge in [0, 0.05) is 31.3 Å². The molecule has 2 atom stereocenters. The zero-order chi connectivity index (χ0) is 12.8. The number of nitrogens with zero attached hydrogens (tertiary/aromatic N) is 1. The SMILES string of the molecule is COCC(C)NC(C)c1ccc([N+](=O)[O-])cc1. The molecule has 0 saturated heterocycles. The standard InChI is InChI=1S/C12H18N2O3/c1-9(8-17-3)13-10(2)11-4-6-12(7-5-11)14(15)16/h4-7,9-10,13H,8H2,1-3H3. The van der Waals surface area contributed by atoms with Gasteiger partial charge in [0.2, 0.25) is 0 Å². The molecule has 1 aromatic rings. The largest absolute Gasteiger partial charge is 0.383 e. The monoisotopic (exact) mass is 238 g/mol. The van der Waals surface area contributed by atoms with Crippen LogP contribution in [0.15, 0.2) is 24.3 Å². The normalized spacial score (nSPS) is 14.3. The molecule has 2 unspecified atom stereocenters. The molecule has 0 spiro atoms. The minimum absolute atomic E-state index is 0.117. The Kier molecular flexibility index (Phi) is 5.06. The van der Waals surface area contributed by atoms with Gasteiger partial charge in [0.25, 0.3) is 5.69 Å². The highest BCUT2D eigenvalue weighted by Gasteiger charge is 2.11. The molecule has 0 bridgehead atoms. The maximum Gasteiger partial charge on any atom is 0.269 e. The molecule has 1 N–H and O–H groups in total. The molecule has 0 aliphatic heterocycles. The number of nitro benzene ring substituents is 1. The van der Waals surface area contributed by atoms with Crippen molar-refractivity contribution in [2.75, 3.05) is 13.7 Å². The third kappa shape index (κ3) is 4.13. The molecular weight excluding hydrogens is 220 g/mol. The smallest absolute Gasteiger partial charge is 0.269 e. The van der Waals surface area contributed by atoms with E-state index in [1.54, 1.807) is 19.2 Å². The van der Waals surface area contributed by atoms with Crippen LogP contribution in [-0.2, 0) is 4.74 Å². The predicted molar refractivity (Wildman–Crippen MR) is 66.0 cm³/mol. The fraction of sp³-hybridized carbons (Fsp3) is 0.500. The van der Waals surface area contributed by atoms with Crippen molar-refractivity contribution in [2.45, 2.75) is 25.9 Å². The summed E-state index contributed by atoms with van der Waals surface area (Å²) in [5.74, 6) is 0. The first-order valence-corrected chi connectivity index (χ1v) is 5.54. The number of methoxy groups -OCH3 is 1. The maximum atomic E-state index is 10.5. The van der Waals surface area contributed by atoms with E-state index < -0.39 is 4.92 Å². The Labute approximate surface area is 101 Å². The van der Waals surface area contributed by atoms with Crippen molar-refractivity contribution >= 4 is 5.69 Å². The van der Waals surface area contributed by atoms with E-state index in [2.05, 4.69) is 5.32 Å². The average molecular weight is 238 g/mol. The van der Waals surface area contributed by atoms with Gasteiger partial charge in [-0.2, -0.15) is 0 Å². The van der Waals surface area contributed by atoms with Crippen LogP contribution >= 0.6 is 0 Å². The highest BCUT2D eigenvalue weighted by atomic mass is 16.6. The molecule has 0 aromatic heterocycles. The van der Waals surface area contributed by atoms with Gasteiger partial charge in [-0.1, -0.05) is 12.1 Å². The van der Waals surface area contributed by atoms with E-state index in [9.17, 15) is 10.1 Å². The molecule has 5 nitrogen and oxygen atoms in total. The van der Waals surface area contributed by atoms with Crippen molar-refractivity contribution in [1.82, 2.24) is 5.32 Å². The van der Waals surface area contributed by atoms with Crippen molar-refractivity contribution in [3.05, 3.63) is 39.9 Å². The van der Waals surface area contributed by atoms with Gasteiger partial charge >= 0.3 is 0 Å². The molecule has 1 aromatic carbocycles. The van der Waals surface area contributed by atoms with Crippen LogP contribution in [0.2, 0.25) is 0 Å². The predicted octanol–water partition coefficient (Wildman–Crippen LogP) is 2.28. The quantitative estimate of drug-likeness (QED) is 0.610. The molecule has 0 amide bonds.